The minimum Gasteiger partial charge on any atom is -0.465 e. The molecule has 0 aromatic heterocycles. The summed E-state index contributed by atoms with van der Waals surface area (Å²) in [6, 6.07) is 15.2. The van der Waals surface area contributed by atoms with Gasteiger partial charge in [0.15, 0.2) is 0 Å². The standard InChI is InChI=1S/C17H16ClNO2/c1-2-21-17(20)15-12-8-4-6-10-14(12)19-16(15)11-7-3-5-9-13(11)18/h3-10,15-16,19H,2H2,1H3/t15-,16-/m0/s1. The van der Waals surface area contributed by atoms with E-state index in [1.165, 1.54) is 0 Å². The van der Waals surface area contributed by atoms with E-state index in [0.29, 0.717) is 11.6 Å². The third-order valence-electron chi connectivity index (χ3n) is 3.72. The molecule has 1 aliphatic heterocycles. The van der Waals surface area contributed by atoms with Crippen molar-refractivity contribution < 1.29 is 9.53 Å². The molecule has 2 aromatic rings. The largest absolute Gasteiger partial charge is 0.465 e. The number of benzene rings is 2. The van der Waals surface area contributed by atoms with Gasteiger partial charge in [-0.1, -0.05) is 48.0 Å². The molecule has 21 heavy (non-hydrogen) atoms. The summed E-state index contributed by atoms with van der Waals surface area (Å²) >= 11 is 6.30. The molecule has 3 rings (SSSR count). The molecule has 0 aliphatic carbocycles. The molecule has 4 heteroatoms. The van der Waals surface area contributed by atoms with Crippen molar-refractivity contribution in [2.75, 3.05) is 11.9 Å². The van der Waals surface area contributed by atoms with Gasteiger partial charge in [0.05, 0.1) is 12.6 Å². The van der Waals surface area contributed by atoms with Gasteiger partial charge in [-0.05, 0) is 30.2 Å². The topological polar surface area (TPSA) is 38.3 Å². The number of para-hydroxylation sites is 1. The summed E-state index contributed by atoms with van der Waals surface area (Å²) in [5.41, 5.74) is 2.83. The van der Waals surface area contributed by atoms with E-state index in [2.05, 4.69) is 5.32 Å². The quantitative estimate of drug-likeness (QED) is 0.865. The zero-order valence-corrected chi connectivity index (χ0v) is 12.4. The van der Waals surface area contributed by atoms with Crippen LogP contribution in [-0.4, -0.2) is 12.6 Å². The highest BCUT2D eigenvalue weighted by Crippen LogP contribution is 2.46. The number of hydrogen-bond acceptors (Lipinski definition) is 3. The Labute approximate surface area is 128 Å². The summed E-state index contributed by atoms with van der Waals surface area (Å²) in [4.78, 5) is 12.4. The number of carbonyl (C=O) groups excluding carboxylic acids is 1. The first-order valence-corrected chi connectivity index (χ1v) is 7.36. The smallest absolute Gasteiger partial charge is 0.315 e. The maximum Gasteiger partial charge on any atom is 0.315 e. The molecule has 0 radical (unpaired) electrons. The summed E-state index contributed by atoms with van der Waals surface area (Å²) in [5.74, 6) is -0.596. The fraction of sp³-hybridized carbons (Fsp3) is 0.235. The van der Waals surface area contributed by atoms with Crippen LogP contribution in [0.3, 0.4) is 0 Å². The van der Waals surface area contributed by atoms with Crippen LogP contribution in [0, 0.1) is 0 Å². The van der Waals surface area contributed by atoms with E-state index < -0.39 is 0 Å². The Morgan fingerprint density at radius 3 is 2.52 bits per heavy atom. The Bertz CT molecular complexity index is 671. The molecule has 1 N–H and O–H groups in total. The van der Waals surface area contributed by atoms with E-state index in [0.717, 1.165) is 16.8 Å². The van der Waals surface area contributed by atoms with Crippen molar-refractivity contribution in [3.05, 3.63) is 64.7 Å². The first kappa shape index (κ1) is 14.0. The number of ether oxygens (including phenoxy) is 1. The number of anilines is 1. The Morgan fingerprint density at radius 2 is 1.81 bits per heavy atom. The van der Waals surface area contributed by atoms with Crippen molar-refractivity contribution >= 4 is 23.3 Å². The second-order valence-electron chi connectivity index (χ2n) is 4.96. The van der Waals surface area contributed by atoms with E-state index in [4.69, 9.17) is 16.3 Å². The van der Waals surface area contributed by atoms with E-state index in [-0.39, 0.29) is 17.9 Å². The van der Waals surface area contributed by atoms with Crippen LogP contribution >= 0.6 is 11.6 Å². The zero-order chi connectivity index (χ0) is 14.8. The fourth-order valence-corrected chi connectivity index (χ4v) is 3.06. The number of hydrogen-bond donors (Lipinski definition) is 1. The van der Waals surface area contributed by atoms with Crippen LogP contribution in [0.4, 0.5) is 5.69 Å². The molecule has 0 saturated carbocycles. The molecule has 0 bridgehead atoms. The van der Waals surface area contributed by atoms with E-state index >= 15 is 0 Å². The van der Waals surface area contributed by atoms with Crippen LogP contribution < -0.4 is 5.32 Å². The van der Waals surface area contributed by atoms with E-state index in [1.807, 2.05) is 55.5 Å². The van der Waals surface area contributed by atoms with E-state index in [1.54, 1.807) is 0 Å². The molecule has 2 atom stereocenters. The third-order valence-corrected chi connectivity index (χ3v) is 4.07. The third kappa shape index (κ3) is 2.49. The lowest BCUT2D eigenvalue weighted by Crippen LogP contribution is -2.22. The minimum atomic E-state index is -0.374. The average molecular weight is 302 g/mol. The van der Waals surface area contributed by atoms with Gasteiger partial charge in [-0.3, -0.25) is 4.79 Å². The molecule has 108 valence electrons. The Morgan fingerprint density at radius 1 is 1.14 bits per heavy atom. The summed E-state index contributed by atoms with van der Waals surface area (Å²) in [6.07, 6.45) is 0. The molecular formula is C17H16ClNO2. The molecule has 0 amide bonds. The van der Waals surface area contributed by atoms with Crippen molar-refractivity contribution in [2.45, 2.75) is 18.9 Å². The molecule has 0 saturated heterocycles. The molecule has 0 unspecified atom stereocenters. The lowest BCUT2D eigenvalue weighted by Gasteiger charge is -2.20. The lowest BCUT2D eigenvalue weighted by molar-refractivity contribution is -0.145. The van der Waals surface area contributed by atoms with Crippen LogP contribution in [0.15, 0.2) is 48.5 Å². The molecule has 1 aliphatic rings. The highest BCUT2D eigenvalue weighted by Gasteiger charge is 2.39. The molecule has 0 spiro atoms. The van der Waals surface area contributed by atoms with Crippen LogP contribution in [0.25, 0.3) is 0 Å². The number of esters is 1. The second-order valence-corrected chi connectivity index (χ2v) is 5.37. The van der Waals surface area contributed by atoms with Gasteiger partial charge in [-0.25, -0.2) is 0 Å². The van der Waals surface area contributed by atoms with Crippen LogP contribution in [0.2, 0.25) is 5.02 Å². The predicted octanol–water partition coefficient (Wildman–Crippen LogP) is 4.15. The molecule has 2 aromatic carbocycles. The first-order valence-electron chi connectivity index (χ1n) is 6.99. The fourth-order valence-electron chi connectivity index (χ4n) is 2.81. The molecular weight excluding hydrogens is 286 g/mol. The maximum absolute atomic E-state index is 12.4. The first-order chi connectivity index (χ1) is 10.2. The van der Waals surface area contributed by atoms with Crippen LogP contribution in [0.5, 0.6) is 0 Å². The highest BCUT2D eigenvalue weighted by molar-refractivity contribution is 6.31. The highest BCUT2D eigenvalue weighted by atomic mass is 35.5. The zero-order valence-electron chi connectivity index (χ0n) is 11.7. The Balaban J connectivity index is 2.05. The second kappa shape index (κ2) is 5.78. The van der Waals surface area contributed by atoms with Gasteiger partial charge >= 0.3 is 5.97 Å². The van der Waals surface area contributed by atoms with Crippen molar-refractivity contribution in [1.82, 2.24) is 0 Å². The summed E-state index contributed by atoms with van der Waals surface area (Å²) < 4.78 is 5.25. The van der Waals surface area contributed by atoms with Crippen molar-refractivity contribution in [3.8, 4) is 0 Å². The molecule has 1 heterocycles. The number of halogens is 1. The van der Waals surface area contributed by atoms with Gasteiger partial charge in [0.25, 0.3) is 0 Å². The van der Waals surface area contributed by atoms with Gasteiger partial charge in [-0.2, -0.15) is 0 Å². The number of rotatable bonds is 3. The van der Waals surface area contributed by atoms with Gasteiger partial charge in [-0.15, -0.1) is 0 Å². The van der Waals surface area contributed by atoms with Crippen molar-refractivity contribution in [3.63, 3.8) is 0 Å². The van der Waals surface area contributed by atoms with Gasteiger partial charge in [0, 0.05) is 10.7 Å². The summed E-state index contributed by atoms with van der Waals surface area (Å²) in [6.45, 7) is 2.18. The predicted molar refractivity (Wildman–Crippen MR) is 83.6 cm³/mol. The number of nitrogens with one attached hydrogen (secondary N) is 1. The normalized spacial score (nSPS) is 19.7. The van der Waals surface area contributed by atoms with Crippen LogP contribution in [0.1, 0.15) is 30.0 Å². The SMILES string of the molecule is CCOC(=O)[C@H]1c2ccccc2N[C@H]1c1ccccc1Cl. The van der Waals surface area contributed by atoms with Crippen molar-refractivity contribution in [2.24, 2.45) is 0 Å². The van der Waals surface area contributed by atoms with Gasteiger partial charge in [0.2, 0.25) is 0 Å². The van der Waals surface area contributed by atoms with Gasteiger partial charge in [0.1, 0.15) is 5.92 Å². The number of fused-ring (bicyclic) bond motifs is 1. The minimum absolute atomic E-state index is 0.199. The van der Waals surface area contributed by atoms with Gasteiger partial charge < -0.3 is 10.1 Å². The molecule has 3 nitrogen and oxygen atoms in total. The summed E-state index contributed by atoms with van der Waals surface area (Å²) in [5, 5.41) is 4.05. The molecule has 0 fully saturated rings. The summed E-state index contributed by atoms with van der Waals surface area (Å²) in [7, 11) is 0. The monoisotopic (exact) mass is 301 g/mol. The van der Waals surface area contributed by atoms with E-state index in [9.17, 15) is 4.79 Å². The maximum atomic E-state index is 12.4. The number of carbonyl (C=O) groups is 1. The van der Waals surface area contributed by atoms with Crippen molar-refractivity contribution in [1.29, 1.82) is 0 Å². The lowest BCUT2D eigenvalue weighted by atomic mass is 9.90. The van der Waals surface area contributed by atoms with Crippen LogP contribution in [-0.2, 0) is 9.53 Å². The average Bonchev–Trinajstić information content (AvgIpc) is 2.87. The Kier molecular flexibility index (Phi) is 3.84. The Hall–Kier alpha value is -2.00.